The quantitative estimate of drug-likeness (QED) is 0.389. The van der Waals surface area contributed by atoms with Crippen molar-refractivity contribution in [3.05, 3.63) is 0 Å². The lowest BCUT2D eigenvalue weighted by atomic mass is 10.0. The van der Waals surface area contributed by atoms with Gasteiger partial charge in [-0.05, 0) is 6.42 Å². The molecule has 0 atom stereocenters. The van der Waals surface area contributed by atoms with Gasteiger partial charge in [-0.3, -0.25) is 4.79 Å². The first-order valence-corrected chi connectivity index (χ1v) is 9.08. The Bertz CT molecular complexity index is 204. The average molecular weight is 284 g/mol. The van der Waals surface area contributed by atoms with E-state index in [0.717, 1.165) is 13.0 Å². The van der Waals surface area contributed by atoms with E-state index in [4.69, 9.17) is 0 Å². The number of carbonyl (C=O) groups excluding carboxylic acids is 1. The van der Waals surface area contributed by atoms with Gasteiger partial charge in [-0.1, -0.05) is 90.9 Å². The number of hydrogen-bond acceptors (Lipinski definition) is 1. The predicted octanol–water partition coefficient (Wildman–Crippen LogP) is 5.60. The van der Waals surface area contributed by atoms with Gasteiger partial charge in [0.1, 0.15) is 0 Å². The van der Waals surface area contributed by atoms with Gasteiger partial charge >= 0.3 is 0 Å². The lowest BCUT2D eigenvalue weighted by Crippen LogP contribution is -2.23. The van der Waals surface area contributed by atoms with E-state index in [1.54, 1.807) is 0 Å². The van der Waals surface area contributed by atoms with E-state index in [1.807, 2.05) is 6.92 Å². The number of hydrogen-bond donors (Lipinski definition) is 1. The Hall–Kier alpha value is -0.530. The second-order valence-corrected chi connectivity index (χ2v) is 5.95. The summed E-state index contributed by atoms with van der Waals surface area (Å²) in [5, 5.41) is 2.93. The zero-order chi connectivity index (χ0) is 14.9. The highest BCUT2D eigenvalue weighted by atomic mass is 16.1. The van der Waals surface area contributed by atoms with Crippen molar-refractivity contribution >= 4 is 5.91 Å². The molecular formula is C18H37NO. The van der Waals surface area contributed by atoms with Crippen LogP contribution < -0.4 is 5.32 Å². The SMILES string of the molecule is CCCCCCCCCCCCCCCNC(=O)CC. The largest absolute Gasteiger partial charge is 0.356 e. The molecule has 0 spiro atoms. The Morgan fingerprint density at radius 2 is 1.05 bits per heavy atom. The van der Waals surface area contributed by atoms with E-state index < -0.39 is 0 Å². The highest BCUT2D eigenvalue weighted by Gasteiger charge is 1.96. The van der Waals surface area contributed by atoms with Crippen molar-refractivity contribution in [1.82, 2.24) is 5.32 Å². The summed E-state index contributed by atoms with van der Waals surface area (Å²) in [6.07, 6.45) is 18.5. The fourth-order valence-corrected chi connectivity index (χ4v) is 2.50. The zero-order valence-corrected chi connectivity index (χ0v) is 14.0. The maximum atomic E-state index is 11.0. The molecule has 0 saturated heterocycles. The molecule has 20 heavy (non-hydrogen) atoms. The van der Waals surface area contributed by atoms with Gasteiger partial charge in [0.25, 0.3) is 0 Å². The Morgan fingerprint density at radius 1 is 0.650 bits per heavy atom. The number of unbranched alkanes of at least 4 members (excludes halogenated alkanes) is 12. The van der Waals surface area contributed by atoms with E-state index in [0.29, 0.717) is 6.42 Å². The van der Waals surface area contributed by atoms with E-state index in [2.05, 4.69) is 12.2 Å². The van der Waals surface area contributed by atoms with Gasteiger partial charge in [-0.2, -0.15) is 0 Å². The summed E-state index contributed by atoms with van der Waals surface area (Å²) in [4.78, 5) is 11.0. The van der Waals surface area contributed by atoms with E-state index in [1.165, 1.54) is 77.0 Å². The third-order valence-electron chi connectivity index (χ3n) is 3.92. The summed E-state index contributed by atoms with van der Waals surface area (Å²) in [5.41, 5.74) is 0. The molecule has 0 aliphatic rings. The van der Waals surface area contributed by atoms with Gasteiger partial charge in [0.2, 0.25) is 5.91 Å². The molecule has 0 aliphatic carbocycles. The molecule has 0 aromatic rings. The van der Waals surface area contributed by atoms with Crippen molar-refractivity contribution < 1.29 is 4.79 Å². The van der Waals surface area contributed by atoms with Crippen LogP contribution in [0.4, 0.5) is 0 Å². The van der Waals surface area contributed by atoms with Crippen LogP contribution in [0.25, 0.3) is 0 Å². The van der Waals surface area contributed by atoms with Crippen LogP contribution in [0.2, 0.25) is 0 Å². The standard InChI is InChI=1S/C18H37NO/c1-3-5-6-7-8-9-10-11-12-13-14-15-16-17-19-18(20)4-2/h3-17H2,1-2H3,(H,19,20). The first-order chi connectivity index (χ1) is 9.81. The number of amides is 1. The highest BCUT2D eigenvalue weighted by molar-refractivity contribution is 5.75. The molecule has 0 bridgehead atoms. The minimum atomic E-state index is 0.184. The van der Waals surface area contributed by atoms with Crippen molar-refractivity contribution in [2.24, 2.45) is 0 Å². The molecule has 2 nitrogen and oxygen atoms in total. The van der Waals surface area contributed by atoms with Crippen molar-refractivity contribution in [3.63, 3.8) is 0 Å². The topological polar surface area (TPSA) is 29.1 Å². The predicted molar refractivity (Wildman–Crippen MR) is 89.0 cm³/mol. The maximum Gasteiger partial charge on any atom is 0.219 e. The Morgan fingerprint density at radius 3 is 1.45 bits per heavy atom. The maximum absolute atomic E-state index is 11.0. The second-order valence-electron chi connectivity index (χ2n) is 5.95. The fraction of sp³-hybridized carbons (Fsp3) is 0.944. The molecule has 0 heterocycles. The highest BCUT2D eigenvalue weighted by Crippen LogP contribution is 2.12. The van der Waals surface area contributed by atoms with Gasteiger partial charge in [0, 0.05) is 13.0 Å². The van der Waals surface area contributed by atoms with Gasteiger partial charge in [0.15, 0.2) is 0 Å². The van der Waals surface area contributed by atoms with Gasteiger partial charge in [0.05, 0.1) is 0 Å². The molecular weight excluding hydrogens is 246 g/mol. The monoisotopic (exact) mass is 283 g/mol. The van der Waals surface area contributed by atoms with Crippen LogP contribution in [-0.4, -0.2) is 12.5 Å². The first-order valence-electron chi connectivity index (χ1n) is 9.08. The summed E-state index contributed by atoms with van der Waals surface area (Å²) >= 11 is 0. The molecule has 0 radical (unpaired) electrons. The first kappa shape index (κ1) is 19.5. The average Bonchev–Trinajstić information content (AvgIpc) is 2.47. The van der Waals surface area contributed by atoms with Crippen molar-refractivity contribution in [2.45, 2.75) is 104 Å². The molecule has 0 aromatic carbocycles. The lowest BCUT2D eigenvalue weighted by Gasteiger charge is -2.04. The second kappa shape index (κ2) is 16.5. The van der Waals surface area contributed by atoms with Gasteiger partial charge < -0.3 is 5.32 Å². The van der Waals surface area contributed by atoms with Crippen LogP contribution in [0, 0.1) is 0 Å². The van der Waals surface area contributed by atoms with Crippen LogP contribution >= 0.6 is 0 Å². The van der Waals surface area contributed by atoms with Crippen LogP contribution in [0.1, 0.15) is 104 Å². The van der Waals surface area contributed by atoms with Crippen molar-refractivity contribution in [3.8, 4) is 0 Å². The molecule has 120 valence electrons. The molecule has 0 saturated carbocycles. The number of rotatable bonds is 15. The lowest BCUT2D eigenvalue weighted by molar-refractivity contribution is -0.120. The Labute approximate surface area is 127 Å². The van der Waals surface area contributed by atoms with Crippen molar-refractivity contribution in [1.29, 1.82) is 0 Å². The Balaban J connectivity index is 2.97. The van der Waals surface area contributed by atoms with Crippen LogP contribution in [0.15, 0.2) is 0 Å². The smallest absolute Gasteiger partial charge is 0.219 e. The van der Waals surface area contributed by atoms with Crippen molar-refractivity contribution in [2.75, 3.05) is 6.54 Å². The number of carbonyl (C=O) groups is 1. The minimum Gasteiger partial charge on any atom is -0.356 e. The summed E-state index contributed by atoms with van der Waals surface area (Å²) in [6, 6.07) is 0. The summed E-state index contributed by atoms with van der Waals surface area (Å²) < 4.78 is 0. The molecule has 2 heteroatoms. The third kappa shape index (κ3) is 15.5. The number of nitrogens with one attached hydrogen (secondary N) is 1. The zero-order valence-electron chi connectivity index (χ0n) is 14.0. The molecule has 0 unspecified atom stereocenters. The van der Waals surface area contributed by atoms with E-state index >= 15 is 0 Å². The van der Waals surface area contributed by atoms with E-state index in [9.17, 15) is 4.79 Å². The van der Waals surface area contributed by atoms with E-state index in [-0.39, 0.29) is 5.91 Å². The van der Waals surface area contributed by atoms with Gasteiger partial charge in [-0.25, -0.2) is 0 Å². The van der Waals surface area contributed by atoms with Crippen LogP contribution in [0.3, 0.4) is 0 Å². The summed E-state index contributed by atoms with van der Waals surface area (Å²) in [5.74, 6) is 0.184. The Kier molecular flexibility index (Phi) is 16.1. The van der Waals surface area contributed by atoms with Crippen LogP contribution in [0.5, 0.6) is 0 Å². The molecule has 0 rings (SSSR count). The normalized spacial score (nSPS) is 10.7. The third-order valence-corrected chi connectivity index (χ3v) is 3.92. The van der Waals surface area contributed by atoms with Crippen LogP contribution in [-0.2, 0) is 4.79 Å². The molecule has 0 aromatic heterocycles. The molecule has 0 aliphatic heterocycles. The fourth-order valence-electron chi connectivity index (χ4n) is 2.50. The van der Waals surface area contributed by atoms with Gasteiger partial charge in [-0.15, -0.1) is 0 Å². The minimum absolute atomic E-state index is 0.184. The molecule has 0 fully saturated rings. The molecule has 1 N–H and O–H groups in total. The summed E-state index contributed by atoms with van der Waals surface area (Å²) in [6.45, 7) is 5.04. The summed E-state index contributed by atoms with van der Waals surface area (Å²) in [7, 11) is 0. The molecule has 1 amide bonds.